The van der Waals surface area contributed by atoms with Gasteiger partial charge in [-0.15, -0.1) is 0 Å². The molecule has 1 N–H and O–H groups in total. The number of aromatic nitrogens is 3. The third kappa shape index (κ3) is 3.23. The Hall–Kier alpha value is -1.92. The number of rotatable bonds is 5. The van der Waals surface area contributed by atoms with Crippen molar-refractivity contribution in [1.82, 2.24) is 14.8 Å². The molecule has 2 heterocycles. The predicted molar refractivity (Wildman–Crippen MR) is 96.0 cm³/mol. The maximum absolute atomic E-state index is 12.0. The van der Waals surface area contributed by atoms with Crippen molar-refractivity contribution < 1.29 is 14.6 Å². The van der Waals surface area contributed by atoms with E-state index >= 15 is 0 Å². The summed E-state index contributed by atoms with van der Waals surface area (Å²) in [4.78, 5) is 16.8. The summed E-state index contributed by atoms with van der Waals surface area (Å²) >= 11 is 6.07. The highest BCUT2D eigenvalue weighted by atomic mass is 35.5. The summed E-state index contributed by atoms with van der Waals surface area (Å²) in [5.74, 6) is 1.17. The van der Waals surface area contributed by atoms with Crippen LogP contribution in [0.25, 0.3) is 0 Å². The summed E-state index contributed by atoms with van der Waals surface area (Å²) in [5.41, 5.74) is 0.588. The summed E-state index contributed by atoms with van der Waals surface area (Å²) in [5, 5.41) is 14.7. The van der Waals surface area contributed by atoms with Crippen LogP contribution >= 0.6 is 11.6 Å². The Bertz CT molecular complexity index is 814. The minimum Gasteiger partial charge on any atom is -0.458 e. The average Bonchev–Trinajstić information content (AvgIpc) is 3.29. The van der Waals surface area contributed by atoms with E-state index < -0.39 is 5.60 Å². The maximum atomic E-state index is 12.0. The van der Waals surface area contributed by atoms with Crippen molar-refractivity contribution >= 4 is 17.6 Å². The van der Waals surface area contributed by atoms with Crippen LogP contribution in [0, 0.1) is 0 Å². The minimum atomic E-state index is -0.440. The summed E-state index contributed by atoms with van der Waals surface area (Å²) in [7, 11) is 0. The molecule has 2 aliphatic rings. The molecule has 1 spiro atoms. The van der Waals surface area contributed by atoms with Crippen LogP contribution in [-0.4, -0.2) is 38.0 Å². The van der Waals surface area contributed by atoms with Crippen molar-refractivity contribution in [3.05, 3.63) is 46.5 Å². The van der Waals surface area contributed by atoms with Gasteiger partial charge in [-0.1, -0.05) is 23.7 Å². The number of esters is 1. The minimum absolute atomic E-state index is 0.0263. The summed E-state index contributed by atoms with van der Waals surface area (Å²) in [6, 6.07) is 7.62. The van der Waals surface area contributed by atoms with Gasteiger partial charge in [0.15, 0.2) is 5.82 Å². The number of hydrogen-bond acceptors (Lipinski definition) is 5. The molecule has 138 valence electrons. The second kappa shape index (κ2) is 7.00. The molecule has 26 heavy (non-hydrogen) atoms. The van der Waals surface area contributed by atoms with E-state index in [1.807, 2.05) is 24.3 Å². The molecule has 1 aromatic carbocycles. The van der Waals surface area contributed by atoms with Gasteiger partial charge in [-0.05, 0) is 43.4 Å². The van der Waals surface area contributed by atoms with Gasteiger partial charge in [0.25, 0.3) is 0 Å². The fourth-order valence-corrected chi connectivity index (χ4v) is 4.48. The van der Waals surface area contributed by atoms with Gasteiger partial charge in [0.05, 0.1) is 25.5 Å². The number of aliphatic hydroxyl groups excluding tert-OH is 1. The van der Waals surface area contributed by atoms with E-state index in [0.29, 0.717) is 30.2 Å². The molecule has 4 rings (SSSR count). The number of carbonyl (C=O) groups is 1. The van der Waals surface area contributed by atoms with E-state index in [0.717, 1.165) is 37.1 Å². The van der Waals surface area contributed by atoms with E-state index in [1.54, 1.807) is 4.68 Å². The molecule has 1 saturated heterocycles. The summed E-state index contributed by atoms with van der Waals surface area (Å²) in [6.45, 7) is 0.333. The standard InChI is InChI=1S/C19H22ClN3O3/c20-14-5-3-4-13(10-14)11-16-21-18(23(22-16)8-9-24)15-12-17(25)26-19(15)6-1-2-7-19/h3-5,10,15,24H,1-2,6-9,11-12H2/t15-/m0/s1. The number of nitrogens with zero attached hydrogens (tertiary/aromatic N) is 3. The van der Waals surface area contributed by atoms with Crippen LogP contribution in [0.15, 0.2) is 24.3 Å². The van der Waals surface area contributed by atoms with Crippen LogP contribution in [0.1, 0.15) is 55.2 Å². The normalized spacial score (nSPS) is 21.5. The quantitative estimate of drug-likeness (QED) is 0.813. The predicted octanol–water partition coefficient (Wildman–Crippen LogP) is 2.86. The van der Waals surface area contributed by atoms with Crippen molar-refractivity contribution in [2.24, 2.45) is 0 Å². The molecule has 2 aromatic rings. The molecular formula is C19H22ClN3O3. The van der Waals surface area contributed by atoms with Crippen LogP contribution in [0.5, 0.6) is 0 Å². The molecule has 1 atom stereocenters. The molecule has 0 unspecified atom stereocenters. The van der Waals surface area contributed by atoms with E-state index in [-0.39, 0.29) is 18.5 Å². The van der Waals surface area contributed by atoms with Crippen molar-refractivity contribution in [1.29, 1.82) is 0 Å². The second-order valence-electron chi connectivity index (χ2n) is 7.14. The van der Waals surface area contributed by atoms with Gasteiger partial charge in [-0.2, -0.15) is 5.10 Å². The summed E-state index contributed by atoms with van der Waals surface area (Å²) < 4.78 is 7.50. The molecular weight excluding hydrogens is 354 g/mol. The van der Waals surface area contributed by atoms with Crippen molar-refractivity contribution in [3.8, 4) is 0 Å². The topological polar surface area (TPSA) is 77.2 Å². The lowest BCUT2D eigenvalue weighted by Crippen LogP contribution is -2.32. The molecule has 0 bridgehead atoms. The van der Waals surface area contributed by atoms with Crippen LogP contribution < -0.4 is 0 Å². The number of benzene rings is 1. The molecule has 0 amide bonds. The fraction of sp³-hybridized carbons (Fsp3) is 0.526. The highest BCUT2D eigenvalue weighted by Gasteiger charge is 2.53. The smallest absolute Gasteiger partial charge is 0.307 e. The molecule has 6 nitrogen and oxygen atoms in total. The highest BCUT2D eigenvalue weighted by Crippen LogP contribution is 2.49. The molecule has 7 heteroatoms. The van der Waals surface area contributed by atoms with E-state index in [2.05, 4.69) is 5.10 Å². The van der Waals surface area contributed by atoms with Gasteiger partial charge >= 0.3 is 5.97 Å². The number of hydrogen-bond donors (Lipinski definition) is 1. The monoisotopic (exact) mass is 375 g/mol. The summed E-state index contributed by atoms with van der Waals surface area (Å²) in [6.07, 6.45) is 4.76. The van der Waals surface area contributed by atoms with Crippen molar-refractivity contribution in [3.63, 3.8) is 0 Å². The Morgan fingerprint density at radius 1 is 1.35 bits per heavy atom. The SMILES string of the molecule is O=C1C[C@@H](c2nc(Cc3cccc(Cl)c3)nn2CCO)C2(CCCC2)O1. The Morgan fingerprint density at radius 2 is 2.15 bits per heavy atom. The van der Waals surface area contributed by atoms with Gasteiger partial charge in [-0.3, -0.25) is 4.79 Å². The van der Waals surface area contributed by atoms with Gasteiger partial charge in [0, 0.05) is 11.4 Å². The number of carbonyl (C=O) groups excluding carboxylic acids is 1. The Labute approximate surface area is 157 Å². The first-order valence-electron chi connectivity index (χ1n) is 9.10. The first-order chi connectivity index (χ1) is 12.6. The largest absolute Gasteiger partial charge is 0.458 e. The zero-order chi connectivity index (χ0) is 18.1. The Morgan fingerprint density at radius 3 is 2.88 bits per heavy atom. The average molecular weight is 376 g/mol. The maximum Gasteiger partial charge on any atom is 0.307 e. The number of ether oxygens (including phenoxy) is 1. The second-order valence-corrected chi connectivity index (χ2v) is 7.58. The highest BCUT2D eigenvalue weighted by molar-refractivity contribution is 6.30. The lowest BCUT2D eigenvalue weighted by Gasteiger charge is -2.28. The molecule has 2 fully saturated rings. The van der Waals surface area contributed by atoms with Gasteiger partial charge in [0.1, 0.15) is 11.4 Å². The molecule has 1 aromatic heterocycles. The molecule has 1 aliphatic carbocycles. The van der Waals surface area contributed by atoms with E-state index in [4.69, 9.17) is 21.3 Å². The van der Waals surface area contributed by atoms with E-state index in [1.165, 1.54) is 0 Å². The first-order valence-corrected chi connectivity index (χ1v) is 9.48. The van der Waals surface area contributed by atoms with Crippen LogP contribution in [0.2, 0.25) is 5.02 Å². The van der Waals surface area contributed by atoms with Crippen LogP contribution in [0.3, 0.4) is 0 Å². The third-order valence-electron chi connectivity index (χ3n) is 5.39. The third-order valence-corrected chi connectivity index (χ3v) is 5.63. The van der Waals surface area contributed by atoms with Crippen molar-refractivity contribution in [2.45, 2.75) is 56.6 Å². The Kier molecular flexibility index (Phi) is 4.71. The zero-order valence-electron chi connectivity index (χ0n) is 14.5. The van der Waals surface area contributed by atoms with Gasteiger partial charge in [-0.25, -0.2) is 9.67 Å². The van der Waals surface area contributed by atoms with Crippen LogP contribution in [-0.2, 0) is 22.5 Å². The number of aliphatic hydroxyl groups is 1. The molecule has 0 radical (unpaired) electrons. The van der Waals surface area contributed by atoms with Gasteiger partial charge in [0.2, 0.25) is 0 Å². The zero-order valence-corrected chi connectivity index (χ0v) is 15.3. The van der Waals surface area contributed by atoms with Crippen LogP contribution in [0.4, 0.5) is 0 Å². The molecule has 1 saturated carbocycles. The lowest BCUT2D eigenvalue weighted by atomic mass is 9.85. The van der Waals surface area contributed by atoms with Gasteiger partial charge < -0.3 is 9.84 Å². The van der Waals surface area contributed by atoms with E-state index in [9.17, 15) is 9.90 Å². The molecule has 1 aliphatic heterocycles. The lowest BCUT2D eigenvalue weighted by molar-refractivity contribution is -0.148. The first kappa shape index (κ1) is 17.5. The Balaban J connectivity index is 1.66. The fourth-order valence-electron chi connectivity index (χ4n) is 4.27. The number of halogens is 1. The van der Waals surface area contributed by atoms with Crippen molar-refractivity contribution in [2.75, 3.05) is 6.61 Å².